The molecule has 0 radical (unpaired) electrons. The molecule has 1 aliphatic rings. The fraction of sp³-hybridized carbons (Fsp3) is 0.227. The summed E-state index contributed by atoms with van der Waals surface area (Å²) in [6, 6.07) is 10.8. The Morgan fingerprint density at radius 2 is 1.97 bits per heavy atom. The molecular formula is C22H19ClFN3O3S. The van der Waals surface area contributed by atoms with Crippen molar-refractivity contribution in [1.82, 2.24) is 4.98 Å². The van der Waals surface area contributed by atoms with Crippen molar-refractivity contribution in [1.29, 1.82) is 0 Å². The number of anilines is 2. The highest BCUT2D eigenvalue weighted by Gasteiger charge is 2.30. The molecule has 160 valence electrons. The van der Waals surface area contributed by atoms with Gasteiger partial charge in [0.25, 0.3) is 5.91 Å². The molecule has 0 saturated carbocycles. The number of carbonyl (C=O) groups excluding carboxylic acids is 2. The van der Waals surface area contributed by atoms with Gasteiger partial charge in [-0.25, -0.2) is 9.37 Å². The van der Waals surface area contributed by atoms with Gasteiger partial charge in [-0.3, -0.25) is 14.9 Å². The van der Waals surface area contributed by atoms with Crippen LogP contribution < -0.4 is 15.4 Å². The van der Waals surface area contributed by atoms with Crippen molar-refractivity contribution >= 4 is 45.6 Å². The number of aryl methyl sites for hydroxylation is 1. The molecule has 0 bridgehead atoms. The van der Waals surface area contributed by atoms with Crippen molar-refractivity contribution in [3.05, 3.63) is 69.4 Å². The van der Waals surface area contributed by atoms with E-state index in [1.54, 1.807) is 31.4 Å². The number of methoxy groups -OCH3 is 1. The van der Waals surface area contributed by atoms with Crippen molar-refractivity contribution in [2.45, 2.75) is 25.2 Å². The van der Waals surface area contributed by atoms with Crippen LogP contribution in [-0.4, -0.2) is 23.9 Å². The largest absolute Gasteiger partial charge is 0.497 e. The molecule has 2 aromatic carbocycles. The lowest BCUT2D eigenvalue weighted by atomic mass is 9.90. The average Bonchev–Trinajstić information content (AvgIpc) is 3.18. The second kappa shape index (κ2) is 9.03. The number of hydrogen-bond donors (Lipinski definition) is 2. The lowest BCUT2D eigenvalue weighted by molar-refractivity contribution is -0.117. The second-order valence-corrected chi connectivity index (χ2v) is 8.56. The Morgan fingerprint density at radius 1 is 1.19 bits per heavy atom. The summed E-state index contributed by atoms with van der Waals surface area (Å²) < 4.78 is 18.5. The van der Waals surface area contributed by atoms with Crippen LogP contribution in [0.2, 0.25) is 5.02 Å². The van der Waals surface area contributed by atoms with Crippen LogP contribution in [0.1, 0.15) is 39.7 Å². The molecule has 9 heteroatoms. The van der Waals surface area contributed by atoms with E-state index in [1.807, 2.05) is 0 Å². The summed E-state index contributed by atoms with van der Waals surface area (Å²) in [7, 11) is 1.56. The van der Waals surface area contributed by atoms with E-state index in [4.69, 9.17) is 16.3 Å². The van der Waals surface area contributed by atoms with Gasteiger partial charge < -0.3 is 10.1 Å². The van der Waals surface area contributed by atoms with Crippen LogP contribution in [0.15, 0.2) is 42.5 Å². The highest BCUT2D eigenvalue weighted by Crippen LogP contribution is 2.37. The number of thiazole rings is 1. The molecule has 2 N–H and O–H groups in total. The van der Waals surface area contributed by atoms with Crippen LogP contribution in [0.5, 0.6) is 5.75 Å². The quantitative estimate of drug-likeness (QED) is 0.545. The lowest BCUT2D eigenvalue weighted by Crippen LogP contribution is -2.24. The number of nitrogens with one attached hydrogen (secondary N) is 2. The Morgan fingerprint density at radius 3 is 2.68 bits per heavy atom. The maximum Gasteiger partial charge on any atom is 0.257 e. The second-order valence-electron chi connectivity index (χ2n) is 7.07. The Bertz CT molecular complexity index is 1130. The molecule has 4 rings (SSSR count). The van der Waals surface area contributed by atoms with Gasteiger partial charge in [0.15, 0.2) is 5.13 Å². The number of nitrogens with zero attached hydrogens (tertiary/aromatic N) is 1. The SMILES string of the molecule is COc1ccc(C(=O)Nc2nc3c(s2)CCCC3C(=O)Nc2ccc(F)c(Cl)c2)cc1. The Balaban J connectivity index is 1.49. The van der Waals surface area contributed by atoms with Gasteiger partial charge in [0, 0.05) is 16.1 Å². The zero-order valence-electron chi connectivity index (χ0n) is 16.6. The smallest absolute Gasteiger partial charge is 0.257 e. The van der Waals surface area contributed by atoms with E-state index in [9.17, 15) is 14.0 Å². The van der Waals surface area contributed by atoms with Gasteiger partial charge in [-0.05, 0) is 61.7 Å². The van der Waals surface area contributed by atoms with E-state index in [2.05, 4.69) is 15.6 Å². The van der Waals surface area contributed by atoms with E-state index in [0.717, 1.165) is 17.7 Å². The molecule has 0 spiro atoms. The summed E-state index contributed by atoms with van der Waals surface area (Å²) in [5.41, 5.74) is 1.58. The fourth-order valence-electron chi connectivity index (χ4n) is 3.44. The first kappa shape index (κ1) is 21.3. The monoisotopic (exact) mass is 459 g/mol. The third kappa shape index (κ3) is 4.70. The van der Waals surface area contributed by atoms with Crippen LogP contribution in [0.25, 0.3) is 0 Å². The van der Waals surface area contributed by atoms with E-state index in [0.29, 0.717) is 34.2 Å². The number of carbonyl (C=O) groups is 2. The molecule has 2 amide bonds. The van der Waals surface area contributed by atoms with Gasteiger partial charge in [-0.2, -0.15) is 0 Å². The number of halogens is 2. The predicted octanol–water partition coefficient (Wildman–Crippen LogP) is 5.26. The molecule has 3 aromatic rings. The van der Waals surface area contributed by atoms with Crippen molar-refractivity contribution in [3.8, 4) is 5.75 Å². The Kier molecular flexibility index (Phi) is 6.20. The van der Waals surface area contributed by atoms with Gasteiger partial charge in [-0.1, -0.05) is 11.6 Å². The molecule has 0 aliphatic heterocycles. The van der Waals surface area contributed by atoms with Gasteiger partial charge in [-0.15, -0.1) is 11.3 Å². The van der Waals surface area contributed by atoms with Crippen molar-refractivity contribution in [2.24, 2.45) is 0 Å². The number of fused-ring (bicyclic) bond motifs is 1. The fourth-order valence-corrected chi connectivity index (χ4v) is 4.68. The highest BCUT2D eigenvalue weighted by atomic mass is 35.5. The van der Waals surface area contributed by atoms with Crippen molar-refractivity contribution < 1.29 is 18.7 Å². The van der Waals surface area contributed by atoms with Crippen LogP contribution in [0.3, 0.4) is 0 Å². The van der Waals surface area contributed by atoms with Gasteiger partial charge in [0.2, 0.25) is 5.91 Å². The predicted molar refractivity (Wildman–Crippen MR) is 119 cm³/mol. The minimum Gasteiger partial charge on any atom is -0.497 e. The first-order valence-electron chi connectivity index (χ1n) is 9.65. The zero-order chi connectivity index (χ0) is 22.0. The summed E-state index contributed by atoms with van der Waals surface area (Å²) in [6.07, 6.45) is 2.28. The molecule has 0 saturated heterocycles. The van der Waals surface area contributed by atoms with Gasteiger partial charge >= 0.3 is 0 Å². The number of rotatable bonds is 5. The maximum atomic E-state index is 13.4. The van der Waals surface area contributed by atoms with Crippen molar-refractivity contribution in [2.75, 3.05) is 17.7 Å². The molecule has 1 atom stereocenters. The summed E-state index contributed by atoms with van der Waals surface area (Å²) in [4.78, 5) is 30.9. The minimum atomic E-state index is -0.545. The number of benzene rings is 2. The standard InChI is InChI=1S/C22H19ClFN3O3S/c1-30-14-8-5-12(6-9-14)20(28)27-22-26-19-15(3-2-4-18(19)31-22)21(29)25-13-7-10-17(24)16(23)11-13/h5-11,15H,2-4H2,1H3,(H,25,29)(H,26,27,28). The molecule has 6 nitrogen and oxygen atoms in total. The molecule has 1 aromatic heterocycles. The number of amides is 2. The summed E-state index contributed by atoms with van der Waals surface area (Å²) in [5.74, 6) is -0.845. The topological polar surface area (TPSA) is 80.3 Å². The first-order chi connectivity index (χ1) is 14.9. The molecular weight excluding hydrogens is 441 g/mol. The third-order valence-electron chi connectivity index (χ3n) is 5.03. The molecule has 31 heavy (non-hydrogen) atoms. The number of ether oxygens (including phenoxy) is 1. The van der Waals surface area contributed by atoms with Gasteiger partial charge in [0.05, 0.1) is 23.7 Å². The number of hydrogen-bond acceptors (Lipinski definition) is 5. The Hall–Kier alpha value is -2.97. The lowest BCUT2D eigenvalue weighted by Gasteiger charge is -2.20. The molecule has 1 aliphatic carbocycles. The normalized spacial score (nSPS) is 15.1. The van der Waals surface area contributed by atoms with Crippen molar-refractivity contribution in [3.63, 3.8) is 0 Å². The van der Waals surface area contributed by atoms with Crippen LogP contribution >= 0.6 is 22.9 Å². The van der Waals surface area contributed by atoms with Crippen LogP contribution in [-0.2, 0) is 11.2 Å². The summed E-state index contributed by atoms with van der Waals surface area (Å²) in [5, 5.41) is 5.99. The van der Waals surface area contributed by atoms with E-state index in [-0.39, 0.29) is 16.8 Å². The first-order valence-corrected chi connectivity index (χ1v) is 10.8. The average molecular weight is 460 g/mol. The van der Waals surface area contributed by atoms with Crippen LogP contribution in [0.4, 0.5) is 15.2 Å². The van der Waals surface area contributed by atoms with E-state index < -0.39 is 11.7 Å². The zero-order valence-corrected chi connectivity index (χ0v) is 18.1. The summed E-state index contributed by atoms with van der Waals surface area (Å²) in [6.45, 7) is 0. The van der Waals surface area contributed by atoms with Gasteiger partial charge in [0.1, 0.15) is 11.6 Å². The Labute approximate surface area is 187 Å². The molecule has 1 unspecified atom stereocenters. The van der Waals surface area contributed by atoms with E-state index in [1.165, 1.54) is 29.5 Å². The minimum absolute atomic E-state index is 0.0562. The summed E-state index contributed by atoms with van der Waals surface area (Å²) >= 11 is 7.18. The molecule has 0 fully saturated rings. The van der Waals surface area contributed by atoms with E-state index >= 15 is 0 Å². The number of aromatic nitrogens is 1. The van der Waals surface area contributed by atoms with Crippen LogP contribution in [0, 0.1) is 5.82 Å². The third-order valence-corrected chi connectivity index (χ3v) is 6.37. The highest BCUT2D eigenvalue weighted by molar-refractivity contribution is 7.16. The maximum absolute atomic E-state index is 13.4. The molecule has 1 heterocycles.